The molecule has 1 aliphatic rings. The van der Waals surface area contributed by atoms with Crippen LogP contribution in [0, 0.1) is 0 Å². The van der Waals surface area contributed by atoms with Crippen LogP contribution in [0.5, 0.6) is 0 Å². The van der Waals surface area contributed by atoms with Gasteiger partial charge in [-0.15, -0.1) is 11.8 Å². The Morgan fingerprint density at radius 1 is 0.895 bits per heavy atom. The zero-order chi connectivity index (χ0) is 26.9. The molecule has 0 aromatic heterocycles. The molecule has 1 fully saturated rings. The molecule has 3 aromatic carbocycles. The van der Waals surface area contributed by atoms with E-state index >= 15 is 0 Å². The number of hydrogen-bond donors (Lipinski definition) is 1. The predicted molar refractivity (Wildman–Crippen MR) is 158 cm³/mol. The monoisotopic (exact) mass is 588 g/mol. The van der Waals surface area contributed by atoms with Crippen molar-refractivity contribution in [2.24, 2.45) is 0 Å². The number of carbonyl (C=O) groups excluding carboxylic acids is 2. The smallest absolute Gasteiger partial charge is 0.243 e. The Morgan fingerprint density at radius 3 is 2.26 bits per heavy atom. The summed E-state index contributed by atoms with van der Waals surface area (Å²) >= 11 is 20.1. The van der Waals surface area contributed by atoms with Crippen molar-refractivity contribution in [1.82, 2.24) is 10.2 Å². The van der Waals surface area contributed by atoms with Gasteiger partial charge in [-0.1, -0.05) is 90.5 Å². The normalized spacial score (nSPS) is 14.6. The standard InChI is InChI=1S/C30H31Cl3N2O2S/c31-23-13-15-26(16-14-23)38-20-29(36)35(19-22-11-12-24(32)18-27(22)33)28(17-21-7-3-1-4-8-21)30(37)34-25-9-5-2-6-10-25/h1,3-4,7-8,11-16,18,25,28H,2,5-6,9-10,17,19-20H2,(H,34,37)/t28-/m0/s1. The van der Waals surface area contributed by atoms with Gasteiger partial charge in [0.15, 0.2) is 0 Å². The molecule has 200 valence electrons. The molecule has 38 heavy (non-hydrogen) atoms. The summed E-state index contributed by atoms with van der Waals surface area (Å²) in [6, 6.07) is 21.9. The summed E-state index contributed by atoms with van der Waals surface area (Å²) in [5, 5.41) is 4.88. The number of benzene rings is 3. The first kappa shape index (κ1) is 28.8. The highest BCUT2D eigenvalue weighted by Crippen LogP contribution is 2.27. The lowest BCUT2D eigenvalue weighted by Crippen LogP contribution is -2.53. The van der Waals surface area contributed by atoms with Gasteiger partial charge in [-0.25, -0.2) is 0 Å². The molecule has 4 rings (SSSR count). The average molecular weight is 590 g/mol. The van der Waals surface area contributed by atoms with E-state index in [9.17, 15) is 9.59 Å². The van der Waals surface area contributed by atoms with Crippen molar-refractivity contribution in [3.05, 3.63) is 99.0 Å². The summed E-state index contributed by atoms with van der Waals surface area (Å²) in [7, 11) is 0. The molecular weight excluding hydrogens is 559 g/mol. The number of amides is 2. The number of nitrogens with zero attached hydrogens (tertiary/aromatic N) is 1. The maximum atomic E-state index is 13.8. The zero-order valence-corrected chi connectivity index (χ0v) is 24.1. The van der Waals surface area contributed by atoms with Gasteiger partial charge in [0, 0.05) is 39.0 Å². The van der Waals surface area contributed by atoms with E-state index in [-0.39, 0.29) is 30.2 Å². The van der Waals surface area contributed by atoms with E-state index in [1.165, 1.54) is 18.2 Å². The number of hydrogen-bond acceptors (Lipinski definition) is 3. The number of rotatable bonds is 10. The molecule has 8 heteroatoms. The Labute approximate surface area is 244 Å². The van der Waals surface area contributed by atoms with Gasteiger partial charge < -0.3 is 10.2 Å². The van der Waals surface area contributed by atoms with Crippen molar-refractivity contribution in [1.29, 1.82) is 0 Å². The number of thioether (sulfide) groups is 1. The van der Waals surface area contributed by atoms with Crippen LogP contribution in [0.3, 0.4) is 0 Å². The highest BCUT2D eigenvalue weighted by Gasteiger charge is 2.32. The number of halogens is 3. The second-order valence-electron chi connectivity index (χ2n) is 9.55. The number of carbonyl (C=O) groups is 2. The van der Waals surface area contributed by atoms with Crippen molar-refractivity contribution < 1.29 is 9.59 Å². The highest BCUT2D eigenvalue weighted by atomic mass is 35.5. The van der Waals surface area contributed by atoms with Crippen molar-refractivity contribution in [2.45, 2.75) is 62.0 Å². The molecule has 1 N–H and O–H groups in total. The van der Waals surface area contributed by atoms with Gasteiger partial charge in [-0.05, 0) is 60.4 Å². The third-order valence-corrected chi connectivity index (χ3v) is 8.59. The molecule has 0 heterocycles. The van der Waals surface area contributed by atoms with Crippen molar-refractivity contribution >= 4 is 58.4 Å². The van der Waals surface area contributed by atoms with Crippen LogP contribution in [0.2, 0.25) is 15.1 Å². The van der Waals surface area contributed by atoms with Crippen molar-refractivity contribution in [3.8, 4) is 0 Å². The second kappa shape index (κ2) is 14.3. The van der Waals surface area contributed by atoms with Crippen LogP contribution in [0.15, 0.2) is 77.7 Å². The first-order valence-electron chi connectivity index (χ1n) is 12.8. The lowest BCUT2D eigenvalue weighted by molar-refractivity contribution is -0.139. The first-order chi connectivity index (χ1) is 18.4. The summed E-state index contributed by atoms with van der Waals surface area (Å²) in [6.07, 6.45) is 5.74. The average Bonchev–Trinajstić information content (AvgIpc) is 2.92. The Bertz CT molecular complexity index is 1220. The Kier molecular flexibility index (Phi) is 10.8. The summed E-state index contributed by atoms with van der Waals surface area (Å²) in [5.74, 6) is -0.0964. The third-order valence-electron chi connectivity index (χ3n) is 6.75. The maximum Gasteiger partial charge on any atom is 0.243 e. The lowest BCUT2D eigenvalue weighted by atomic mass is 9.94. The molecule has 4 nitrogen and oxygen atoms in total. The van der Waals surface area contributed by atoms with Crippen molar-refractivity contribution in [2.75, 3.05) is 5.75 Å². The van der Waals surface area contributed by atoms with Crippen molar-refractivity contribution in [3.63, 3.8) is 0 Å². The number of nitrogens with one attached hydrogen (secondary N) is 1. The van der Waals surface area contributed by atoms with E-state index in [0.29, 0.717) is 21.5 Å². The van der Waals surface area contributed by atoms with Crippen LogP contribution < -0.4 is 5.32 Å². The van der Waals surface area contributed by atoms with E-state index in [1.54, 1.807) is 29.2 Å². The minimum atomic E-state index is -0.690. The minimum absolute atomic E-state index is 0.129. The molecule has 2 amide bonds. The molecule has 0 aliphatic heterocycles. The SMILES string of the molecule is O=C(NC1CCCCC1)[C@H](Cc1ccccc1)N(Cc1ccc(Cl)cc1Cl)C(=O)CSc1ccc(Cl)cc1. The Hall–Kier alpha value is -2.18. The summed E-state index contributed by atoms with van der Waals surface area (Å²) in [6.45, 7) is 0.200. The lowest BCUT2D eigenvalue weighted by Gasteiger charge is -2.33. The van der Waals surface area contributed by atoms with E-state index in [4.69, 9.17) is 34.8 Å². The Morgan fingerprint density at radius 2 is 1.58 bits per heavy atom. The summed E-state index contributed by atoms with van der Waals surface area (Å²) in [5.41, 5.74) is 1.73. The topological polar surface area (TPSA) is 49.4 Å². The zero-order valence-electron chi connectivity index (χ0n) is 21.0. The molecule has 0 saturated heterocycles. The van der Waals surface area contributed by atoms with Crippen LogP contribution >= 0.6 is 46.6 Å². The molecule has 0 spiro atoms. The van der Waals surface area contributed by atoms with Gasteiger partial charge in [-0.2, -0.15) is 0 Å². The van der Waals surface area contributed by atoms with Crippen LogP contribution in [-0.4, -0.2) is 34.6 Å². The summed E-state index contributed by atoms with van der Waals surface area (Å²) in [4.78, 5) is 30.2. The maximum absolute atomic E-state index is 13.8. The van der Waals surface area contributed by atoms with E-state index in [0.717, 1.165) is 41.7 Å². The van der Waals surface area contributed by atoms with Gasteiger partial charge in [0.05, 0.1) is 5.75 Å². The fourth-order valence-corrected chi connectivity index (χ4v) is 6.07. The molecule has 1 aliphatic carbocycles. The molecule has 0 unspecified atom stereocenters. The molecule has 0 bridgehead atoms. The van der Waals surface area contributed by atoms with Gasteiger partial charge >= 0.3 is 0 Å². The molecule has 3 aromatic rings. The fourth-order valence-electron chi connectivity index (χ4n) is 4.69. The molecule has 0 radical (unpaired) electrons. The minimum Gasteiger partial charge on any atom is -0.352 e. The second-order valence-corrected chi connectivity index (χ2v) is 11.9. The van der Waals surface area contributed by atoms with Crippen LogP contribution in [0.25, 0.3) is 0 Å². The molecule has 1 saturated carbocycles. The largest absolute Gasteiger partial charge is 0.352 e. The Balaban J connectivity index is 1.62. The van der Waals surface area contributed by atoms with Crippen LogP contribution in [0.4, 0.5) is 0 Å². The predicted octanol–water partition coefficient (Wildman–Crippen LogP) is 7.83. The van der Waals surface area contributed by atoms with Crippen LogP contribution in [0.1, 0.15) is 43.2 Å². The summed E-state index contributed by atoms with van der Waals surface area (Å²) < 4.78 is 0. The quantitative estimate of drug-likeness (QED) is 0.245. The van der Waals surface area contributed by atoms with Gasteiger partial charge in [0.25, 0.3) is 0 Å². The van der Waals surface area contributed by atoms with E-state index < -0.39 is 6.04 Å². The first-order valence-corrected chi connectivity index (χ1v) is 15.0. The van der Waals surface area contributed by atoms with Gasteiger partial charge in [0.2, 0.25) is 11.8 Å². The van der Waals surface area contributed by atoms with Crippen LogP contribution in [-0.2, 0) is 22.6 Å². The van der Waals surface area contributed by atoms with Gasteiger partial charge in [0.1, 0.15) is 6.04 Å². The molecule has 1 atom stereocenters. The highest BCUT2D eigenvalue weighted by molar-refractivity contribution is 8.00. The van der Waals surface area contributed by atoms with E-state index in [1.807, 2.05) is 48.5 Å². The van der Waals surface area contributed by atoms with E-state index in [2.05, 4.69) is 5.32 Å². The third kappa shape index (κ3) is 8.41. The van der Waals surface area contributed by atoms with Gasteiger partial charge in [-0.3, -0.25) is 9.59 Å². The molecular formula is C30H31Cl3N2O2S. The fraction of sp³-hybridized carbons (Fsp3) is 0.333.